The molecular weight excluding hydrogens is 176 g/mol. The zero-order chi connectivity index (χ0) is 10.4. The number of nitrogens with one attached hydrogen (secondary N) is 1. The van der Waals surface area contributed by atoms with Gasteiger partial charge in [-0.2, -0.15) is 0 Å². The average Bonchev–Trinajstić information content (AvgIpc) is 2.83. The van der Waals surface area contributed by atoms with Gasteiger partial charge >= 0.3 is 0 Å². The van der Waals surface area contributed by atoms with Crippen molar-refractivity contribution in [3.63, 3.8) is 0 Å². The molecule has 1 aliphatic heterocycles. The first kappa shape index (κ1) is 9.97. The number of nitrogens with zero attached hydrogens (tertiary/aromatic N) is 1. The fourth-order valence-corrected chi connectivity index (χ4v) is 2.09. The van der Waals surface area contributed by atoms with E-state index in [1.54, 1.807) is 0 Å². The van der Waals surface area contributed by atoms with Crippen molar-refractivity contribution in [2.75, 3.05) is 19.6 Å². The van der Waals surface area contributed by atoms with Crippen LogP contribution in [0.15, 0.2) is 0 Å². The summed E-state index contributed by atoms with van der Waals surface area (Å²) in [5.41, 5.74) is -0.0322. The van der Waals surface area contributed by atoms with Gasteiger partial charge in [-0.15, -0.1) is 0 Å². The number of amides is 1. The Morgan fingerprint density at radius 3 is 2.43 bits per heavy atom. The lowest BCUT2D eigenvalue weighted by Gasteiger charge is -2.44. The van der Waals surface area contributed by atoms with Gasteiger partial charge in [0.2, 0.25) is 5.91 Å². The molecule has 1 saturated carbocycles. The summed E-state index contributed by atoms with van der Waals surface area (Å²) in [7, 11) is 0. The van der Waals surface area contributed by atoms with Crippen LogP contribution in [0.2, 0.25) is 0 Å². The summed E-state index contributed by atoms with van der Waals surface area (Å²) in [5, 5.41) is 3.34. The van der Waals surface area contributed by atoms with Crippen molar-refractivity contribution in [3.05, 3.63) is 0 Å². The molecule has 2 fully saturated rings. The van der Waals surface area contributed by atoms with Crippen molar-refractivity contribution in [1.82, 2.24) is 10.2 Å². The molecule has 1 heterocycles. The summed E-state index contributed by atoms with van der Waals surface area (Å²) in [5.74, 6) is 0.365. The van der Waals surface area contributed by atoms with Crippen LogP contribution in [-0.4, -0.2) is 36.0 Å². The second-order valence-electron chi connectivity index (χ2n) is 5.51. The number of piperazine rings is 1. The Kier molecular flexibility index (Phi) is 2.11. The van der Waals surface area contributed by atoms with E-state index in [1.165, 1.54) is 0 Å². The number of carbonyl (C=O) groups excluding carboxylic acids is 1. The highest BCUT2D eigenvalue weighted by molar-refractivity contribution is 5.85. The predicted molar refractivity (Wildman–Crippen MR) is 56.0 cm³/mol. The topological polar surface area (TPSA) is 32.3 Å². The summed E-state index contributed by atoms with van der Waals surface area (Å²) in [6.07, 6.45) is 2.15. The third kappa shape index (κ3) is 1.54. The molecule has 0 aromatic heterocycles. The van der Waals surface area contributed by atoms with Gasteiger partial charge in [-0.3, -0.25) is 4.79 Å². The maximum atomic E-state index is 12.2. The second-order valence-corrected chi connectivity index (χ2v) is 5.51. The quantitative estimate of drug-likeness (QED) is 0.678. The fourth-order valence-electron chi connectivity index (χ4n) is 2.09. The van der Waals surface area contributed by atoms with Crippen molar-refractivity contribution < 1.29 is 4.79 Å². The molecule has 0 aromatic rings. The Morgan fingerprint density at radius 2 is 1.93 bits per heavy atom. The van der Waals surface area contributed by atoms with Crippen molar-refractivity contribution in [2.45, 2.75) is 39.2 Å². The standard InChI is InChI=1S/C11H20N2O/c1-10(2)8-12-6-7-13(10)9(14)11(3)4-5-11/h12H,4-8H2,1-3H3. The molecule has 0 bridgehead atoms. The number of hydrogen-bond donors (Lipinski definition) is 1. The minimum absolute atomic E-state index is 0.0130. The Labute approximate surface area is 85.8 Å². The maximum absolute atomic E-state index is 12.2. The summed E-state index contributed by atoms with van der Waals surface area (Å²) < 4.78 is 0. The number of carbonyl (C=O) groups is 1. The largest absolute Gasteiger partial charge is 0.335 e. The van der Waals surface area contributed by atoms with Gasteiger partial charge < -0.3 is 10.2 Å². The molecular formula is C11H20N2O. The van der Waals surface area contributed by atoms with Crippen LogP contribution in [0.4, 0.5) is 0 Å². The molecule has 0 unspecified atom stereocenters. The third-order valence-corrected chi connectivity index (χ3v) is 3.56. The molecule has 80 valence electrons. The van der Waals surface area contributed by atoms with Gasteiger partial charge in [0.15, 0.2) is 0 Å². The predicted octanol–water partition coefficient (Wildman–Crippen LogP) is 0.997. The molecule has 0 aromatic carbocycles. The first-order valence-electron chi connectivity index (χ1n) is 5.49. The number of hydrogen-bond acceptors (Lipinski definition) is 2. The van der Waals surface area contributed by atoms with Gasteiger partial charge in [-0.05, 0) is 26.7 Å². The smallest absolute Gasteiger partial charge is 0.229 e. The highest BCUT2D eigenvalue weighted by atomic mass is 16.2. The highest BCUT2D eigenvalue weighted by Crippen LogP contribution is 2.47. The minimum atomic E-state index is -0.0192. The molecule has 2 rings (SSSR count). The molecule has 14 heavy (non-hydrogen) atoms. The first-order valence-corrected chi connectivity index (χ1v) is 5.49. The monoisotopic (exact) mass is 196 g/mol. The molecule has 0 radical (unpaired) electrons. The van der Waals surface area contributed by atoms with Crippen LogP contribution in [0.3, 0.4) is 0 Å². The second kappa shape index (κ2) is 2.96. The van der Waals surface area contributed by atoms with E-state index in [0.29, 0.717) is 5.91 Å². The van der Waals surface area contributed by atoms with Gasteiger partial charge in [-0.1, -0.05) is 6.92 Å². The molecule has 0 spiro atoms. The van der Waals surface area contributed by atoms with Crippen LogP contribution >= 0.6 is 0 Å². The molecule has 1 saturated heterocycles. The molecule has 1 amide bonds. The molecule has 2 aliphatic rings. The van der Waals surface area contributed by atoms with Crippen LogP contribution in [0, 0.1) is 5.41 Å². The molecule has 3 heteroatoms. The van der Waals surface area contributed by atoms with Crippen LogP contribution < -0.4 is 5.32 Å². The zero-order valence-electron chi connectivity index (χ0n) is 9.39. The van der Waals surface area contributed by atoms with Crippen LogP contribution in [-0.2, 0) is 4.79 Å². The lowest BCUT2D eigenvalue weighted by molar-refractivity contribution is -0.143. The van der Waals surface area contributed by atoms with E-state index in [1.807, 2.05) is 0 Å². The van der Waals surface area contributed by atoms with E-state index in [0.717, 1.165) is 32.5 Å². The molecule has 0 atom stereocenters. The summed E-state index contributed by atoms with van der Waals surface area (Å²) in [6.45, 7) is 9.08. The van der Waals surface area contributed by atoms with Crippen LogP contribution in [0.25, 0.3) is 0 Å². The van der Waals surface area contributed by atoms with E-state index in [4.69, 9.17) is 0 Å². The van der Waals surface area contributed by atoms with Crippen LogP contribution in [0.5, 0.6) is 0 Å². The lowest BCUT2D eigenvalue weighted by atomic mass is 9.96. The van der Waals surface area contributed by atoms with Crippen molar-refractivity contribution in [3.8, 4) is 0 Å². The van der Waals surface area contributed by atoms with Crippen molar-refractivity contribution in [1.29, 1.82) is 0 Å². The molecule has 1 aliphatic carbocycles. The number of rotatable bonds is 1. The minimum Gasteiger partial charge on any atom is -0.335 e. The van der Waals surface area contributed by atoms with Gasteiger partial charge in [0.25, 0.3) is 0 Å². The summed E-state index contributed by atoms with van der Waals surface area (Å²) in [6, 6.07) is 0. The van der Waals surface area contributed by atoms with Crippen LogP contribution in [0.1, 0.15) is 33.6 Å². The normalized spacial score (nSPS) is 28.6. The Balaban J connectivity index is 2.11. The Morgan fingerprint density at radius 1 is 1.29 bits per heavy atom. The van der Waals surface area contributed by atoms with Gasteiger partial charge in [0, 0.05) is 30.6 Å². The third-order valence-electron chi connectivity index (χ3n) is 3.56. The lowest BCUT2D eigenvalue weighted by Crippen LogP contribution is -2.61. The zero-order valence-corrected chi connectivity index (χ0v) is 9.39. The SMILES string of the molecule is CC1(C(=O)N2CCNCC2(C)C)CC1. The van der Waals surface area contributed by atoms with E-state index in [-0.39, 0.29) is 11.0 Å². The van der Waals surface area contributed by atoms with E-state index >= 15 is 0 Å². The molecule has 3 nitrogen and oxygen atoms in total. The molecule has 1 N–H and O–H groups in total. The van der Waals surface area contributed by atoms with E-state index in [2.05, 4.69) is 31.0 Å². The maximum Gasteiger partial charge on any atom is 0.229 e. The van der Waals surface area contributed by atoms with Gasteiger partial charge in [-0.25, -0.2) is 0 Å². The van der Waals surface area contributed by atoms with E-state index in [9.17, 15) is 4.79 Å². The first-order chi connectivity index (χ1) is 6.46. The van der Waals surface area contributed by atoms with E-state index < -0.39 is 0 Å². The Hall–Kier alpha value is -0.570. The van der Waals surface area contributed by atoms with Crippen molar-refractivity contribution >= 4 is 5.91 Å². The van der Waals surface area contributed by atoms with Crippen molar-refractivity contribution in [2.24, 2.45) is 5.41 Å². The fraction of sp³-hybridized carbons (Fsp3) is 0.909. The summed E-state index contributed by atoms with van der Waals surface area (Å²) in [4.78, 5) is 14.3. The average molecular weight is 196 g/mol. The van der Waals surface area contributed by atoms with Gasteiger partial charge in [0.05, 0.1) is 0 Å². The highest BCUT2D eigenvalue weighted by Gasteiger charge is 2.50. The van der Waals surface area contributed by atoms with Gasteiger partial charge in [0.1, 0.15) is 0 Å². The Bertz CT molecular complexity index is 256. The summed E-state index contributed by atoms with van der Waals surface area (Å²) >= 11 is 0.